The lowest BCUT2D eigenvalue weighted by Gasteiger charge is -2.42. The molecule has 2 fully saturated rings. The van der Waals surface area contributed by atoms with Crippen LogP contribution in [0, 0.1) is 0 Å². The van der Waals surface area contributed by atoms with Gasteiger partial charge in [-0.2, -0.15) is 0 Å². The molecule has 0 aromatic carbocycles. The van der Waals surface area contributed by atoms with Crippen molar-refractivity contribution >= 4 is 0 Å². The van der Waals surface area contributed by atoms with E-state index in [1.807, 2.05) is 0 Å². The van der Waals surface area contributed by atoms with Crippen LogP contribution in [0.3, 0.4) is 0 Å². The van der Waals surface area contributed by atoms with E-state index in [0.717, 1.165) is 0 Å². The molecule has 112 valence electrons. The van der Waals surface area contributed by atoms with E-state index in [2.05, 4.69) is 0 Å². The highest BCUT2D eigenvalue weighted by atomic mass is 16.6. The first-order valence-electron chi connectivity index (χ1n) is 6.20. The first kappa shape index (κ1) is 15.1. The topological polar surface area (TPSA) is 140 Å². The predicted octanol–water partition coefficient (Wildman–Crippen LogP) is -3.66. The molecule has 2 aliphatic heterocycles. The fraction of sp³-hybridized carbons (Fsp3) is 1.00. The maximum atomic E-state index is 9.88. The molecule has 0 spiro atoms. The van der Waals surface area contributed by atoms with Crippen LogP contribution in [0.25, 0.3) is 0 Å². The summed E-state index contributed by atoms with van der Waals surface area (Å²) in [5.41, 5.74) is 0. The Morgan fingerprint density at radius 2 is 1.26 bits per heavy atom. The molecule has 0 aromatic heterocycles. The van der Waals surface area contributed by atoms with Crippen LogP contribution in [-0.4, -0.2) is 92.2 Å². The molecule has 8 heteroatoms. The SMILES string of the molecule is C[C@@H]1OC(C2O[C@H](CO)[C@@H](O)[C@@H]2O)[C@@H](O)[C@H](O)[C@@H]1O. The van der Waals surface area contributed by atoms with Gasteiger partial charge in [0.25, 0.3) is 0 Å². The predicted molar refractivity (Wildman–Crippen MR) is 60.1 cm³/mol. The van der Waals surface area contributed by atoms with Crippen LogP contribution in [0.2, 0.25) is 0 Å². The van der Waals surface area contributed by atoms with Crippen molar-refractivity contribution in [1.82, 2.24) is 0 Å². The molecule has 0 saturated carbocycles. The molecule has 2 rings (SSSR count). The quantitative estimate of drug-likeness (QED) is 0.304. The summed E-state index contributed by atoms with van der Waals surface area (Å²) in [4.78, 5) is 0. The molecule has 0 aliphatic carbocycles. The third-order valence-corrected chi connectivity index (χ3v) is 3.79. The average molecular weight is 280 g/mol. The number of aliphatic hydroxyl groups is 6. The molecule has 2 aliphatic rings. The molecule has 19 heavy (non-hydrogen) atoms. The highest BCUT2D eigenvalue weighted by Gasteiger charge is 2.53. The summed E-state index contributed by atoms with van der Waals surface area (Å²) < 4.78 is 10.6. The summed E-state index contributed by atoms with van der Waals surface area (Å²) in [7, 11) is 0. The minimum absolute atomic E-state index is 0.488. The van der Waals surface area contributed by atoms with E-state index in [1.165, 1.54) is 6.92 Å². The fourth-order valence-corrected chi connectivity index (χ4v) is 2.55. The first-order valence-corrected chi connectivity index (χ1v) is 6.20. The van der Waals surface area contributed by atoms with Gasteiger partial charge in [-0.15, -0.1) is 0 Å². The molecule has 0 aromatic rings. The van der Waals surface area contributed by atoms with E-state index in [-0.39, 0.29) is 0 Å². The first-order chi connectivity index (χ1) is 8.88. The average Bonchev–Trinajstić information content (AvgIpc) is 2.68. The number of ether oxygens (including phenoxy) is 2. The largest absolute Gasteiger partial charge is 0.394 e. The van der Waals surface area contributed by atoms with Crippen molar-refractivity contribution in [2.75, 3.05) is 6.61 Å². The minimum atomic E-state index is -1.46. The zero-order valence-corrected chi connectivity index (χ0v) is 10.4. The molecular weight excluding hydrogens is 260 g/mol. The Kier molecular flexibility index (Phi) is 4.43. The third kappa shape index (κ3) is 2.50. The van der Waals surface area contributed by atoms with Crippen LogP contribution in [0.15, 0.2) is 0 Å². The minimum Gasteiger partial charge on any atom is -0.394 e. The van der Waals surface area contributed by atoms with Crippen molar-refractivity contribution in [2.24, 2.45) is 0 Å². The Labute approximate surface area is 109 Å². The molecule has 0 amide bonds. The van der Waals surface area contributed by atoms with Gasteiger partial charge in [0.15, 0.2) is 0 Å². The van der Waals surface area contributed by atoms with Gasteiger partial charge >= 0.3 is 0 Å². The lowest BCUT2D eigenvalue weighted by Crippen LogP contribution is -2.61. The van der Waals surface area contributed by atoms with Gasteiger partial charge < -0.3 is 40.1 Å². The summed E-state index contributed by atoms with van der Waals surface area (Å²) in [6.07, 6.45) is -10.7. The van der Waals surface area contributed by atoms with E-state index in [0.29, 0.717) is 0 Å². The second-order valence-corrected chi connectivity index (χ2v) is 5.08. The summed E-state index contributed by atoms with van der Waals surface area (Å²) in [6.45, 7) is 1.02. The summed E-state index contributed by atoms with van der Waals surface area (Å²) in [5.74, 6) is 0. The van der Waals surface area contributed by atoms with Crippen LogP contribution in [0.5, 0.6) is 0 Å². The van der Waals surface area contributed by atoms with Crippen LogP contribution in [0.1, 0.15) is 6.92 Å². The van der Waals surface area contributed by atoms with E-state index in [9.17, 15) is 25.5 Å². The van der Waals surface area contributed by atoms with Crippen molar-refractivity contribution in [3.05, 3.63) is 0 Å². The molecule has 2 saturated heterocycles. The van der Waals surface area contributed by atoms with Crippen molar-refractivity contribution in [3.8, 4) is 0 Å². The second kappa shape index (κ2) is 5.58. The highest BCUT2D eigenvalue weighted by molar-refractivity contribution is 5.01. The number of hydrogen-bond acceptors (Lipinski definition) is 8. The molecule has 6 N–H and O–H groups in total. The normalized spacial score (nSPS) is 55.4. The van der Waals surface area contributed by atoms with Crippen molar-refractivity contribution in [3.63, 3.8) is 0 Å². The monoisotopic (exact) mass is 280 g/mol. The molecule has 8 nitrogen and oxygen atoms in total. The molecule has 9 atom stereocenters. The Morgan fingerprint density at radius 3 is 1.79 bits per heavy atom. The van der Waals surface area contributed by atoms with Crippen molar-refractivity contribution in [1.29, 1.82) is 0 Å². The second-order valence-electron chi connectivity index (χ2n) is 5.08. The Hall–Kier alpha value is -0.320. The van der Waals surface area contributed by atoms with Gasteiger partial charge in [-0.25, -0.2) is 0 Å². The molecule has 2 unspecified atom stereocenters. The van der Waals surface area contributed by atoms with Crippen LogP contribution in [-0.2, 0) is 9.47 Å². The van der Waals surface area contributed by atoms with Gasteiger partial charge in [0.2, 0.25) is 0 Å². The maximum absolute atomic E-state index is 9.88. The smallest absolute Gasteiger partial charge is 0.115 e. The Balaban J connectivity index is 2.13. The zero-order chi connectivity index (χ0) is 14.3. The maximum Gasteiger partial charge on any atom is 0.115 e. The van der Waals surface area contributed by atoms with E-state index in [4.69, 9.17) is 14.6 Å². The Morgan fingerprint density at radius 1 is 0.737 bits per heavy atom. The van der Waals surface area contributed by atoms with Gasteiger partial charge in [-0.3, -0.25) is 0 Å². The summed E-state index contributed by atoms with van der Waals surface area (Å²) >= 11 is 0. The molecule has 2 heterocycles. The van der Waals surface area contributed by atoms with Gasteiger partial charge in [-0.05, 0) is 6.92 Å². The number of hydrogen-bond donors (Lipinski definition) is 6. The van der Waals surface area contributed by atoms with Crippen molar-refractivity contribution < 1.29 is 40.1 Å². The van der Waals surface area contributed by atoms with Gasteiger partial charge in [0.1, 0.15) is 48.8 Å². The van der Waals surface area contributed by atoms with Gasteiger partial charge in [0, 0.05) is 0 Å². The van der Waals surface area contributed by atoms with E-state index >= 15 is 0 Å². The lowest BCUT2D eigenvalue weighted by atomic mass is 9.90. The summed E-state index contributed by atoms with van der Waals surface area (Å²) in [6, 6.07) is 0. The van der Waals surface area contributed by atoms with Crippen molar-refractivity contribution in [2.45, 2.75) is 61.9 Å². The van der Waals surface area contributed by atoms with Crippen LogP contribution in [0.4, 0.5) is 0 Å². The highest BCUT2D eigenvalue weighted by Crippen LogP contribution is 2.31. The molecule has 0 radical (unpaired) electrons. The summed E-state index contributed by atoms with van der Waals surface area (Å²) in [5, 5.41) is 57.6. The van der Waals surface area contributed by atoms with Crippen LogP contribution >= 0.6 is 0 Å². The van der Waals surface area contributed by atoms with Gasteiger partial charge in [-0.1, -0.05) is 0 Å². The van der Waals surface area contributed by atoms with E-state index in [1.54, 1.807) is 0 Å². The third-order valence-electron chi connectivity index (χ3n) is 3.79. The standard InChI is InChI=1S/C11H20O8/c1-3-5(13)7(15)9(17)10(18-3)11-8(16)6(14)4(2-12)19-11/h3-17H,2H2,1H3/t3-,4+,5+,6+,7+,8-,9-,10?,11?/m0/s1. The number of aliphatic hydroxyl groups excluding tert-OH is 6. The van der Waals surface area contributed by atoms with Gasteiger partial charge in [0.05, 0.1) is 12.7 Å². The molecular formula is C11H20O8. The van der Waals surface area contributed by atoms with E-state index < -0.39 is 61.5 Å². The zero-order valence-electron chi connectivity index (χ0n) is 10.4. The fourth-order valence-electron chi connectivity index (χ4n) is 2.55. The number of rotatable bonds is 2. The lowest BCUT2D eigenvalue weighted by molar-refractivity contribution is -0.248. The Bertz CT molecular complexity index is 313. The van der Waals surface area contributed by atoms with Crippen LogP contribution < -0.4 is 0 Å². The molecule has 0 bridgehead atoms.